The predicted octanol–water partition coefficient (Wildman–Crippen LogP) is 4.82. The molecule has 0 spiro atoms. The number of alkyl halides is 1. The summed E-state index contributed by atoms with van der Waals surface area (Å²) in [5.41, 5.74) is 2.56. The topological polar surface area (TPSA) is 29.1 Å². The van der Waals surface area contributed by atoms with Crippen molar-refractivity contribution < 1.29 is 4.79 Å². The lowest BCUT2D eigenvalue weighted by molar-refractivity contribution is -0.120. The van der Waals surface area contributed by atoms with E-state index in [4.69, 9.17) is 0 Å². The summed E-state index contributed by atoms with van der Waals surface area (Å²) in [5.74, 6) is 0.193. The highest BCUT2D eigenvalue weighted by Gasteiger charge is 2.13. The molecule has 3 heteroatoms. The first kappa shape index (κ1) is 18.5. The van der Waals surface area contributed by atoms with E-state index in [9.17, 15) is 4.79 Å². The maximum Gasteiger partial charge on any atom is 0.232 e. The Hall–Kier alpha value is -0.580. The molecule has 1 aromatic carbocycles. The number of nitrogens with one attached hydrogen (secondary N) is 1. The lowest BCUT2D eigenvalue weighted by atomic mass is 10.1. The number of amides is 1. The molecule has 1 aromatic rings. The van der Waals surface area contributed by atoms with Gasteiger partial charge in [0.05, 0.1) is 3.92 Å². The number of rotatable bonds is 10. The Bertz CT molecular complexity index is 402. The fraction of sp³-hybridized carbons (Fsp3) is 0.611. The summed E-state index contributed by atoms with van der Waals surface area (Å²) in [6.07, 6.45) is 8.21. The van der Waals surface area contributed by atoms with Crippen LogP contribution in [0.2, 0.25) is 0 Å². The van der Waals surface area contributed by atoms with Crippen LogP contribution in [0.4, 0.5) is 0 Å². The second-order valence-corrected chi connectivity index (χ2v) is 7.20. The molecule has 0 aliphatic rings. The van der Waals surface area contributed by atoms with E-state index in [1.54, 1.807) is 0 Å². The van der Waals surface area contributed by atoms with Crippen LogP contribution in [0.1, 0.15) is 56.6 Å². The van der Waals surface area contributed by atoms with Crippen molar-refractivity contribution in [2.75, 3.05) is 6.54 Å². The predicted molar refractivity (Wildman–Crippen MR) is 99.1 cm³/mol. The van der Waals surface area contributed by atoms with Gasteiger partial charge >= 0.3 is 0 Å². The van der Waals surface area contributed by atoms with Gasteiger partial charge < -0.3 is 5.32 Å². The van der Waals surface area contributed by atoms with Crippen LogP contribution in [0, 0.1) is 6.92 Å². The summed E-state index contributed by atoms with van der Waals surface area (Å²) < 4.78 is 0.113. The van der Waals surface area contributed by atoms with Gasteiger partial charge in [0.15, 0.2) is 0 Å². The minimum absolute atomic E-state index is 0.113. The van der Waals surface area contributed by atoms with Crippen LogP contribution in [-0.4, -0.2) is 16.4 Å². The maximum absolute atomic E-state index is 12.0. The highest BCUT2D eigenvalue weighted by Crippen LogP contribution is 2.13. The van der Waals surface area contributed by atoms with Crippen LogP contribution in [0.3, 0.4) is 0 Å². The van der Waals surface area contributed by atoms with Crippen LogP contribution in [0.15, 0.2) is 24.3 Å². The fourth-order valence-corrected chi connectivity index (χ4v) is 2.91. The van der Waals surface area contributed by atoms with E-state index in [0.717, 1.165) is 19.4 Å². The number of benzene rings is 1. The number of hydrogen-bond acceptors (Lipinski definition) is 1. The second kappa shape index (κ2) is 11.0. The van der Waals surface area contributed by atoms with Crippen molar-refractivity contribution in [3.8, 4) is 0 Å². The van der Waals surface area contributed by atoms with Gasteiger partial charge in [0.2, 0.25) is 5.91 Å². The third-order valence-electron chi connectivity index (χ3n) is 3.68. The largest absolute Gasteiger partial charge is 0.355 e. The Morgan fingerprint density at radius 3 is 2.48 bits per heavy atom. The molecule has 1 amide bonds. The molecule has 1 unspecified atom stereocenters. The van der Waals surface area contributed by atoms with Gasteiger partial charge in [0.25, 0.3) is 0 Å². The Balaban J connectivity index is 2.13. The van der Waals surface area contributed by atoms with Gasteiger partial charge in [-0.25, -0.2) is 0 Å². The summed E-state index contributed by atoms with van der Waals surface area (Å²) in [4.78, 5) is 12.0. The van der Waals surface area contributed by atoms with Crippen molar-refractivity contribution in [2.24, 2.45) is 0 Å². The van der Waals surface area contributed by atoms with E-state index in [1.165, 1.54) is 43.2 Å². The van der Waals surface area contributed by atoms with Gasteiger partial charge in [-0.1, -0.05) is 91.4 Å². The van der Waals surface area contributed by atoms with E-state index < -0.39 is 0 Å². The second-order valence-electron chi connectivity index (χ2n) is 5.70. The van der Waals surface area contributed by atoms with E-state index in [0.29, 0.717) is 0 Å². The quantitative estimate of drug-likeness (QED) is 0.340. The molecule has 0 fully saturated rings. The molecule has 0 radical (unpaired) electrons. The maximum atomic E-state index is 12.0. The zero-order chi connectivity index (χ0) is 15.5. The van der Waals surface area contributed by atoms with Crippen molar-refractivity contribution in [3.63, 3.8) is 0 Å². The van der Waals surface area contributed by atoms with Crippen LogP contribution in [0.5, 0.6) is 0 Å². The lowest BCUT2D eigenvalue weighted by Crippen LogP contribution is -2.32. The first-order valence-electron chi connectivity index (χ1n) is 8.10. The van der Waals surface area contributed by atoms with Crippen molar-refractivity contribution in [1.82, 2.24) is 5.32 Å². The molecular weight excluding hydrogens is 373 g/mol. The molecule has 1 atom stereocenters. The number of unbranched alkanes of at least 4 members (excludes halogenated alkanes) is 4. The average molecular weight is 401 g/mol. The lowest BCUT2D eigenvalue weighted by Gasteiger charge is -2.11. The Morgan fingerprint density at radius 2 is 1.81 bits per heavy atom. The molecule has 118 valence electrons. The van der Waals surface area contributed by atoms with E-state index in [1.807, 2.05) is 0 Å². The van der Waals surface area contributed by atoms with Gasteiger partial charge in [-0.05, 0) is 25.3 Å². The number of hydrogen-bond donors (Lipinski definition) is 1. The SMILES string of the molecule is CCCCCCCC(I)C(=O)NCCc1ccc(C)cc1. The number of aryl methyl sites for hydroxylation is 1. The Kier molecular flexibility index (Phi) is 9.72. The van der Waals surface area contributed by atoms with Gasteiger partial charge in [-0.15, -0.1) is 0 Å². The Labute approximate surface area is 143 Å². The molecule has 0 aliphatic carbocycles. The molecule has 0 bridgehead atoms. The zero-order valence-corrected chi connectivity index (χ0v) is 15.5. The van der Waals surface area contributed by atoms with Crippen LogP contribution < -0.4 is 5.32 Å². The molecule has 0 heterocycles. The Morgan fingerprint density at radius 1 is 1.14 bits per heavy atom. The molecule has 21 heavy (non-hydrogen) atoms. The highest BCUT2D eigenvalue weighted by atomic mass is 127. The third kappa shape index (κ3) is 8.44. The van der Waals surface area contributed by atoms with Crippen LogP contribution in [-0.2, 0) is 11.2 Å². The first-order chi connectivity index (χ1) is 10.1. The smallest absolute Gasteiger partial charge is 0.232 e. The summed E-state index contributed by atoms with van der Waals surface area (Å²) in [6, 6.07) is 8.51. The fourth-order valence-electron chi connectivity index (χ4n) is 2.25. The minimum atomic E-state index is 0.113. The van der Waals surface area contributed by atoms with Gasteiger partial charge in [-0.2, -0.15) is 0 Å². The van der Waals surface area contributed by atoms with Crippen molar-refractivity contribution in [3.05, 3.63) is 35.4 Å². The van der Waals surface area contributed by atoms with E-state index in [2.05, 4.69) is 66.0 Å². The summed E-state index contributed by atoms with van der Waals surface area (Å²) in [6.45, 7) is 5.05. The molecule has 2 nitrogen and oxygen atoms in total. The number of carbonyl (C=O) groups excluding carboxylic acids is 1. The van der Waals surface area contributed by atoms with Gasteiger partial charge in [0.1, 0.15) is 0 Å². The molecule has 1 rings (SSSR count). The molecule has 0 saturated carbocycles. The zero-order valence-electron chi connectivity index (χ0n) is 13.3. The van der Waals surface area contributed by atoms with E-state index in [-0.39, 0.29) is 9.83 Å². The third-order valence-corrected chi connectivity index (χ3v) is 4.87. The van der Waals surface area contributed by atoms with E-state index >= 15 is 0 Å². The molecular formula is C18H28INO. The summed E-state index contributed by atoms with van der Waals surface area (Å²) in [7, 11) is 0. The summed E-state index contributed by atoms with van der Waals surface area (Å²) >= 11 is 2.28. The van der Waals surface area contributed by atoms with Crippen LogP contribution in [0.25, 0.3) is 0 Å². The number of carbonyl (C=O) groups is 1. The molecule has 1 N–H and O–H groups in total. The van der Waals surface area contributed by atoms with Crippen molar-refractivity contribution in [1.29, 1.82) is 0 Å². The standard InChI is InChI=1S/C18H28INO/c1-3-4-5-6-7-8-17(19)18(21)20-14-13-16-11-9-15(2)10-12-16/h9-12,17H,3-8,13-14H2,1-2H3,(H,20,21). The van der Waals surface area contributed by atoms with Crippen molar-refractivity contribution >= 4 is 28.5 Å². The average Bonchev–Trinajstić information content (AvgIpc) is 2.48. The van der Waals surface area contributed by atoms with Crippen LogP contribution >= 0.6 is 22.6 Å². The highest BCUT2D eigenvalue weighted by molar-refractivity contribution is 14.1. The molecule has 0 aromatic heterocycles. The van der Waals surface area contributed by atoms with Gasteiger partial charge in [0, 0.05) is 6.54 Å². The first-order valence-corrected chi connectivity index (χ1v) is 9.35. The van der Waals surface area contributed by atoms with Gasteiger partial charge in [-0.3, -0.25) is 4.79 Å². The summed E-state index contributed by atoms with van der Waals surface area (Å²) in [5, 5.41) is 3.05. The monoisotopic (exact) mass is 401 g/mol. The molecule has 0 aliphatic heterocycles. The number of halogens is 1. The minimum Gasteiger partial charge on any atom is -0.355 e. The molecule has 0 saturated heterocycles. The normalized spacial score (nSPS) is 12.1. The van der Waals surface area contributed by atoms with Crippen molar-refractivity contribution in [2.45, 2.75) is 62.7 Å².